The number of hydrogen-bond acceptors (Lipinski definition) is 4. The molecule has 1 aliphatic rings. The van der Waals surface area contributed by atoms with E-state index in [0.717, 1.165) is 12.1 Å². The molecule has 0 saturated carbocycles. The van der Waals surface area contributed by atoms with Gasteiger partial charge in [0.15, 0.2) is 0 Å². The Balaban J connectivity index is 2.58. The Morgan fingerprint density at radius 2 is 2.07 bits per heavy atom. The molecule has 0 unspecified atom stereocenters. The van der Waals surface area contributed by atoms with Crippen molar-refractivity contribution in [2.45, 2.75) is 11.3 Å². The molecule has 0 atom stereocenters. The first-order chi connectivity index (χ1) is 6.98. The van der Waals surface area contributed by atoms with E-state index in [-0.39, 0.29) is 12.2 Å². The molecular weight excluding hydrogens is 223 g/mol. The van der Waals surface area contributed by atoms with Gasteiger partial charge in [0.1, 0.15) is 0 Å². The lowest BCUT2D eigenvalue weighted by atomic mass is 10.0. The van der Waals surface area contributed by atoms with Gasteiger partial charge in [0.2, 0.25) is 0 Å². The molecule has 1 aliphatic heterocycles. The van der Waals surface area contributed by atoms with E-state index < -0.39 is 21.1 Å². The Kier molecular flexibility index (Phi) is 2.22. The van der Waals surface area contributed by atoms with Gasteiger partial charge >= 0.3 is 16.2 Å². The summed E-state index contributed by atoms with van der Waals surface area (Å²) in [5, 5.41) is 0. The fraction of sp³-hybridized carbons (Fsp3) is 0.222. The maximum Gasteiger partial charge on any atom is 0.338 e. The largest absolute Gasteiger partial charge is 0.462 e. The summed E-state index contributed by atoms with van der Waals surface area (Å²) in [6.45, 7) is 0.271. The number of benzene rings is 1. The van der Waals surface area contributed by atoms with Crippen LogP contribution in [0.25, 0.3) is 0 Å². The Morgan fingerprint density at radius 3 is 2.73 bits per heavy atom. The first kappa shape index (κ1) is 10.1. The molecule has 0 N–H and O–H groups in total. The summed E-state index contributed by atoms with van der Waals surface area (Å²) in [4.78, 5) is 10.7. The summed E-state index contributed by atoms with van der Waals surface area (Å²) in [6.07, 6.45) is 0.522. The van der Waals surface area contributed by atoms with Crippen molar-refractivity contribution >= 4 is 16.2 Å². The summed E-state index contributed by atoms with van der Waals surface area (Å²) in [5.41, 5.74) is 0.804. The van der Waals surface area contributed by atoms with E-state index >= 15 is 0 Å². The average Bonchev–Trinajstić information content (AvgIpc) is 2.16. The Bertz CT molecular complexity index is 521. The van der Waals surface area contributed by atoms with Crippen LogP contribution in [0.5, 0.6) is 0 Å². The zero-order valence-corrected chi connectivity index (χ0v) is 8.38. The molecule has 1 aromatic rings. The predicted octanol–water partition coefficient (Wildman–Crippen LogP) is 1.06. The topological polar surface area (TPSA) is 60.4 Å². The fourth-order valence-electron chi connectivity index (χ4n) is 1.45. The van der Waals surface area contributed by atoms with Crippen LogP contribution in [0.4, 0.5) is 3.89 Å². The number of cyclic esters (lactones) is 1. The van der Waals surface area contributed by atoms with Crippen molar-refractivity contribution in [1.82, 2.24) is 0 Å². The van der Waals surface area contributed by atoms with Gasteiger partial charge in [-0.1, -0.05) is 6.07 Å². The zero-order chi connectivity index (χ0) is 11.1. The van der Waals surface area contributed by atoms with Gasteiger partial charge in [-0.05, 0) is 17.7 Å². The van der Waals surface area contributed by atoms with Crippen LogP contribution in [0.2, 0.25) is 0 Å². The number of esters is 1. The first-order valence-electron chi connectivity index (χ1n) is 4.23. The normalized spacial score (nSPS) is 15.7. The summed E-state index contributed by atoms with van der Waals surface area (Å²) in [6, 6.07) is 3.58. The predicted molar refractivity (Wildman–Crippen MR) is 48.7 cm³/mol. The molecule has 80 valence electrons. The Hall–Kier alpha value is -1.43. The van der Waals surface area contributed by atoms with E-state index in [1.807, 2.05) is 0 Å². The van der Waals surface area contributed by atoms with E-state index in [2.05, 4.69) is 0 Å². The van der Waals surface area contributed by atoms with Gasteiger partial charge in [-0.15, -0.1) is 3.89 Å². The van der Waals surface area contributed by atoms with E-state index in [4.69, 9.17) is 4.74 Å². The quantitative estimate of drug-likeness (QED) is 0.534. The smallest absolute Gasteiger partial charge is 0.338 e. The molecule has 6 heteroatoms. The minimum Gasteiger partial charge on any atom is -0.462 e. The molecule has 2 rings (SSSR count). The third-order valence-electron chi connectivity index (χ3n) is 2.19. The highest BCUT2D eigenvalue weighted by atomic mass is 32.3. The summed E-state index contributed by atoms with van der Waals surface area (Å²) >= 11 is 0. The SMILES string of the molecule is O=C1OCCc2ccc(S(=O)(=O)F)cc21. The van der Waals surface area contributed by atoms with Crippen molar-refractivity contribution in [3.63, 3.8) is 0 Å². The highest BCUT2D eigenvalue weighted by Crippen LogP contribution is 2.21. The average molecular weight is 230 g/mol. The van der Waals surface area contributed by atoms with Gasteiger partial charge in [-0.25, -0.2) is 4.79 Å². The summed E-state index contributed by atoms with van der Waals surface area (Å²) in [7, 11) is -4.77. The van der Waals surface area contributed by atoms with E-state index in [9.17, 15) is 17.1 Å². The second-order valence-corrected chi connectivity index (χ2v) is 4.49. The minimum atomic E-state index is -4.77. The number of rotatable bonds is 1. The molecule has 0 amide bonds. The zero-order valence-electron chi connectivity index (χ0n) is 7.57. The second kappa shape index (κ2) is 3.30. The van der Waals surface area contributed by atoms with Gasteiger partial charge in [0.25, 0.3) is 0 Å². The van der Waals surface area contributed by atoms with Gasteiger partial charge in [0.05, 0.1) is 17.1 Å². The fourth-order valence-corrected chi connectivity index (χ4v) is 1.94. The molecule has 0 radical (unpaired) electrons. The number of carbonyl (C=O) groups is 1. The van der Waals surface area contributed by atoms with Crippen LogP contribution in [-0.2, 0) is 21.4 Å². The molecule has 0 aromatic heterocycles. The van der Waals surface area contributed by atoms with Gasteiger partial charge < -0.3 is 4.74 Å². The Labute approximate surface area is 85.9 Å². The molecule has 0 bridgehead atoms. The molecular formula is C9H7FO4S. The number of hydrogen-bond donors (Lipinski definition) is 0. The van der Waals surface area contributed by atoms with Crippen molar-refractivity contribution in [2.24, 2.45) is 0 Å². The van der Waals surface area contributed by atoms with Crippen LogP contribution < -0.4 is 0 Å². The van der Waals surface area contributed by atoms with E-state index in [0.29, 0.717) is 12.0 Å². The minimum absolute atomic E-state index is 0.125. The lowest BCUT2D eigenvalue weighted by molar-refractivity contribution is 0.0480. The molecule has 0 aliphatic carbocycles. The first-order valence-corrected chi connectivity index (χ1v) is 5.61. The number of carbonyl (C=O) groups excluding carboxylic acids is 1. The molecule has 1 heterocycles. The van der Waals surface area contributed by atoms with Crippen LogP contribution in [0, 0.1) is 0 Å². The monoisotopic (exact) mass is 230 g/mol. The summed E-state index contributed by atoms with van der Waals surface area (Å²) in [5.74, 6) is -0.609. The Morgan fingerprint density at radius 1 is 1.33 bits per heavy atom. The molecule has 0 saturated heterocycles. The molecule has 0 spiro atoms. The highest BCUT2D eigenvalue weighted by molar-refractivity contribution is 7.86. The van der Waals surface area contributed by atoms with Crippen molar-refractivity contribution in [3.05, 3.63) is 29.3 Å². The van der Waals surface area contributed by atoms with E-state index in [1.165, 1.54) is 6.07 Å². The van der Waals surface area contributed by atoms with Crippen LogP contribution in [0.3, 0.4) is 0 Å². The third kappa shape index (κ3) is 1.85. The molecule has 1 aromatic carbocycles. The van der Waals surface area contributed by atoms with Crippen molar-refractivity contribution in [2.75, 3.05) is 6.61 Å². The van der Waals surface area contributed by atoms with Crippen molar-refractivity contribution in [1.29, 1.82) is 0 Å². The number of ether oxygens (including phenoxy) is 1. The lowest BCUT2D eigenvalue weighted by Crippen LogP contribution is -2.17. The number of fused-ring (bicyclic) bond motifs is 1. The van der Waals surface area contributed by atoms with Gasteiger partial charge in [0, 0.05) is 6.42 Å². The highest BCUT2D eigenvalue weighted by Gasteiger charge is 2.22. The number of halogens is 1. The lowest BCUT2D eigenvalue weighted by Gasteiger charge is -2.15. The van der Waals surface area contributed by atoms with Crippen LogP contribution in [0.15, 0.2) is 23.1 Å². The molecule has 15 heavy (non-hydrogen) atoms. The standard InChI is InChI=1S/C9H7FO4S/c10-15(12,13)7-2-1-6-3-4-14-9(11)8(6)5-7/h1-2,5H,3-4H2. The summed E-state index contributed by atoms with van der Waals surface area (Å²) < 4.78 is 38.6. The second-order valence-electron chi connectivity index (χ2n) is 3.14. The van der Waals surface area contributed by atoms with Gasteiger partial charge in [-0.2, -0.15) is 8.42 Å². The van der Waals surface area contributed by atoms with Crippen LogP contribution >= 0.6 is 0 Å². The molecule has 4 nitrogen and oxygen atoms in total. The van der Waals surface area contributed by atoms with Crippen molar-refractivity contribution in [3.8, 4) is 0 Å². The maximum atomic E-state index is 12.6. The van der Waals surface area contributed by atoms with E-state index in [1.54, 1.807) is 0 Å². The third-order valence-corrected chi connectivity index (χ3v) is 3.00. The van der Waals surface area contributed by atoms with Crippen LogP contribution in [-0.4, -0.2) is 21.0 Å². The van der Waals surface area contributed by atoms with Crippen LogP contribution in [0.1, 0.15) is 15.9 Å². The molecule has 0 fully saturated rings. The van der Waals surface area contributed by atoms with Crippen molar-refractivity contribution < 1.29 is 21.8 Å². The van der Waals surface area contributed by atoms with Gasteiger partial charge in [-0.3, -0.25) is 0 Å². The maximum absolute atomic E-state index is 12.6.